The van der Waals surface area contributed by atoms with Gasteiger partial charge in [0.25, 0.3) is 5.56 Å². The molecule has 88 valence electrons. The minimum Gasteiger partial charge on any atom is -0.443 e. The molecule has 0 fully saturated rings. The average Bonchev–Trinajstić information content (AvgIpc) is 2.93. The van der Waals surface area contributed by atoms with Gasteiger partial charge in [0.2, 0.25) is 0 Å². The van der Waals surface area contributed by atoms with Crippen molar-refractivity contribution in [3.63, 3.8) is 0 Å². The third kappa shape index (κ3) is 1.82. The fourth-order valence-corrected chi connectivity index (χ4v) is 1.69. The fourth-order valence-electron chi connectivity index (χ4n) is 1.69. The van der Waals surface area contributed by atoms with Gasteiger partial charge >= 0.3 is 0 Å². The molecular formula is C13H9N3O2. The topological polar surface area (TPSA) is 60.9 Å². The lowest BCUT2D eigenvalue weighted by Crippen LogP contribution is -2.15. The molecule has 0 aliphatic heterocycles. The first-order chi connectivity index (χ1) is 8.84. The molecule has 3 heterocycles. The Kier molecular flexibility index (Phi) is 2.49. The SMILES string of the molecule is O=c1ccccn1-c1cncc(-c2cnco2)c1. The molecule has 0 atom stereocenters. The molecule has 0 radical (unpaired) electrons. The summed E-state index contributed by atoms with van der Waals surface area (Å²) >= 11 is 0. The Labute approximate surface area is 102 Å². The third-order valence-corrected chi connectivity index (χ3v) is 2.54. The maximum atomic E-state index is 11.7. The lowest BCUT2D eigenvalue weighted by molar-refractivity contribution is 0.571. The van der Waals surface area contributed by atoms with Crippen LogP contribution in [0.25, 0.3) is 17.0 Å². The summed E-state index contributed by atoms with van der Waals surface area (Å²) in [5, 5.41) is 0. The summed E-state index contributed by atoms with van der Waals surface area (Å²) in [7, 11) is 0. The van der Waals surface area contributed by atoms with Crippen LogP contribution >= 0.6 is 0 Å². The summed E-state index contributed by atoms with van der Waals surface area (Å²) in [6.07, 6.45) is 7.95. The highest BCUT2D eigenvalue weighted by Crippen LogP contribution is 2.19. The maximum Gasteiger partial charge on any atom is 0.255 e. The summed E-state index contributed by atoms with van der Waals surface area (Å²) < 4.78 is 6.72. The predicted octanol–water partition coefficient (Wildman–Crippen LogP) is 1.89. The molecule has 3 rings (SSSR count). The number of hydrogen-bond acceptors (Lipinski definition) is 4. The van der Waals surface area contributed by atoms with Crippen molar-refractivity contribution in [1.29, 1.82) is 0 Å². The van der Waals surface area contributed by atoms with Gasteiger partial charge in [-0.25, -0.2) is 4.98 Å². The van der Waals surface area contributed by atoms with Gasteiger partial charge in [0.1, 0.15) is 0 Å². The van der Waals surface area contributed by atoms with Gasteiger partial charge in [-0.3, -0.25) is 14.3 Å². The van der Waals surface area contributed by atoms with Crippen LogP contribution in [0.1, 0.15) is 0 Å². The average molecular weight is 239 g/mol. The highest BCUT2D eigenvalue weighted by atomic mass is 16.3. The van der Waals surface area contributed by atoms with Crippen LogP contribution in [-0.2, 0) is 0 Å². The van der Waals surface area contributed by atoms with Crippen molar-refractivity contribution in [2.24, 2.45) is 0 Å². The fraction of sp³-hybridized carbons (Fsp3) is 0. The van der Waals surface area contributed by atoms with Crippen LogP contribution in [0.4, 0.5) is 0 Å². The van der Waals surface area contributed by atoms with Crippen LogP contribution in [0, 0.1) is 0 Å². The Bertz CT molecular complexity index is 717. The van der Waals surface area contributed by atoms with E-state index in [0.717, 1.165) is 5.56 Å². The molecule has 0 spiro atoms. The van der Waals surface area contributed by atoms with Crippen LogP contribution in [0.2, 0.25) is 0 Å². The van der Waals surface area contributed by atoms with Crippen molar-refractivity contribution in [2.45, 2.75) is 0 Å². The second-order valence-electron chi connectivity index (χ2n) is 3.71. The van der Waals surface area contributed by atoms with Gasteiger partial charge in [-0.05, 0) is 12.1 Å². The van der Waals surface area contributed by atoms with Crippen LogP contribution < -0.4 is 5.56 Å². The van der Waals surface area contributed by atoms with Gasteiger partial charge in [-0.15, -0.1) is 0 Å². The Hall–Kier alpha value is -2.69. The normalized spacial score (nSPS) is 10.4. The Morgan fingerprint density at radius 1 is 1.11 bits per heavy atom. The summed E-state index contributed by atoms with van der Waals surface area (Å²) in [4.78, 5) is 19.7. The molecule has 0 aliphatic carbocycles. The molecule has 0 saturated carbocycles. The van der Waals surface area contributed by atoms with Crippen LogP contribution in [0.5, 0.6) is 0 Å². The van der Waals surface area contributed by atoms with E-state index in [9.17, 15) is 4.79 Å². The smallest absolute Gasteiger partial charge is 0.255 e. The van der Waals surface area contributed by atoms with Gasteiger partial charge in [0.15, 0.2) is 12.2 Å². The second kappa shape index (κ2) is 4.29. The van der Waals surface area contributed by atoms with Crippen molar-refractivity contribution in [2.75, 3.05) is 0 Å². The van der Waals surface area contributed by atoms with Crippen LogP contribution in [0.15, 0.2) is 64.7 Å². The van der Waals surface area contributed by atoms with E-state index in [1.165, 1.54) is 17.0 Å². The quantitative estimate of drug-likeness (QED) is 0.685. The van der Waals surface area contributed by atoms with Crippen molar-refractivity contribution in [1.82, 2.24) is 14.5 Å². The van der Waals surface area contributed by atoms with Crippen LogP contribution in [0.3, 0.4) is 0 Å². The van der Waals surface area contributed by atoms with E-state index in [1.807, 2.05) is 6.07 Å². The van der Waals surface area contributed by atoms with Gasteiger partial charge < -0.3 is 4.42 Å². The van der Waals surface area contributed by atoms with E-state index in [1.54, 1.807) is 36.9 Å². The van der Waals surface area contributed by atoms with Crippen LogP contribution in [-0.4, -0.2) is 14.5 Å². The highest BCUT2D eigenvalue weighted by Gasteiger charge is 2.05. The largest absolute Gasteiger partial charge is 0.443 e. The molecular weight excluding hydrogens is 230 g/mol. The Morgan fingerprint density at radius 3 is 2.83 bits per heavy atom. The second-order valence-corrected chi connectivity index (χ2v) is 3.71. The number of pyridine rings is 2. The number of aromatic nitrogens is 3. The van der Waals surface area contributed by atoms with Crippen molar-refractivity contribution < 1.29 is 4.42 Å². The highest BCUT2D eigenvalue weighted by molar-refractivity contribution is 5.58. The van der Waals surface area contributed by atoms with Gasteiger partial charge in [0.05, 0.1) is 18.1 Å². The molecule has 0 bridgehead atoms. The lowest BCUT2D eigenvalue weighted by atomic mass is 10.2. The zero-order valence-corrected chi connectivity index (χ0v) is 9.35. The van der Waals surface area contributed by atoms with Gasteiger partial charge in [-0.2, -0.15) is 0 Å². The minimum absolute atomic E-state index is 0.103. The zero-order chi connectivity index (χ0) is 12.4. The molecule has 0 amide bonds. The Morgan fingerprint density at radius 2 is 2.06 bits per heavy atom. The van der Waals surface area contributed by atoms with E-state index >= 15 is 0 Å². The van der Waals surface area contributed by atoms with Gasteiger partial charge in [-0.1, -0.05) is 6.07 Å². The summed E-state index contributed by atoms with van der Waals surface area (Å²) in [6, 6.07) is 6.82. The molecule has 0 N–H and O–H groups in total. The van der Waals surface area contributed by atoms with Gasteiger partial charge in [0, 0.05) is 24.0 Å². The lowest BCUT2D eigenvalue weighted by Gasteiger charge is -2.05. The predicted molar refractivity (Wildman–Crippen MR) is 65.3 cm³/mol. The minimum atomic E-state index is -0.103. The first kappa shape index (κ1) is 10.5. The molecule has 5 heteroatoms. The standard InChI is InChI=1S/C13H9N3O2/c17-13-3-1-2-4-16(13)11-5-10(6-14-7-11)12-8-15-9-18-12/h1-9H. The number of rotatable bonds is 2. The molecule has 3 aromatic rings. The van der Waals surface area contributed by atoms with E-state index in [-0.39, 0.29) is 5.56 Å². The molecule has 3 aromatic heterocycles. The van der Waals surface area contributed by atoms with Crippen molar-refractivity contribution in [3.8, 4) is 17.0 Å². The number of hydrogen-bond donors (Lipinski definition) is 0. The van der Waals surface area contributed by atoms with Crippen molar-refractivity contribution >= 4 is 0 Å². The monoisotopic (exact) mass is 239 g/mol. The summed E-state index contributed by atoms with van der Waals surface area (Å²) in [5.41, 5.74) is 1.37. The Balaban J connectivity index is 2.13. The van der Waals surface area contributed by atoms with Crippen molar-refractivity contribution in [3.05, 3.63) is 65.8 Å². The van der Waals surface area contributed by atoms with E-state index < -0.39 is 0 Å². The molecule has 0 aliphatic rings. The van der Waals surface area contributed by atoms with E-state index in [4.69, 9.17) is 4.42 Å². The van der Waals surface area contributed by atoms with E-state index in [2.05, 4.69) is 9.97 Å². The maximum absolute atomic E-state index is 11.7. The first-order valence-electron chi connectivity index (χ1n) is 5.36. The molecule has 0 unspecified atom stereocenters. The molecule has 0 aromatic carbocycles. The summed E-state index contributed by atoms with van der Waals surface area (Å²) in [5.74, 6) is 0.619. The number of nitrogens with zero attached hydrogens (tertiary/aromatic N) is 3. The third-order valence-electron chi connectivity index (χ3n) is 2.54. The molecule has 18 heavy (non-hydrogen) atoms. The van der Waals surface area contributed by atoms with E-state index in [0.29, 0.717) is 11.4 Å². The number of oxazole rings is 1. The zero-order valence-electron chi connectivity index (χ0n) is 9.35. The molecule has 0 saturated heterocycles. The molecule has 5 nitrogen and oxygen atoms in total. The first-order valence-corrected chi connectivity index (χ1v) is 5.36. The summed E-state index contributed by atoms with van der Waals surface area (Å²) in [6.45, 7) is 0.